The lowest BCUT2D eigenvalue weighted by molar-refractivity contribution is -0.137. The van der Waals surface area contributed by atoms with Gasteiger partial charge in [0.05, 0.1) is 4.75 Å². The molecule has 0 spiro atoms. The van der Waals surface area contributed by atoms with Gasteiger partial charge in [-0.15, -0.1) is 0 Å². The van der Waals surface area contributed by atoms with E-state index in [0.717, 1.165) is 19.3 Å². The Labute approximate surface area is 239 Å². The van der Waals surface area contributed by atoms with Crippen LogP contribution in [0.4, 0.5) is 4.79 Å². The number of unbranched alkanes of at least 4 members (excludes halogenated alkanes) is 3. The molecule has 2 saturated carbocycles. The number of allylic oxidation sites excluding steroid dienone is 2. The zero-order chi connectivity index (χ0) is 30.1. The SMILES string of the molecule is CCCCC/C=C\C1C[C@@H]1C(=O)NS(=O)(=O)C1(C)CC1.CNC(=O)[C@@H]1CCCN1C(=O)CNC(=O)OC(C)(C)C. The van der Waals surface area contributed by atoms with Crippen molar-refractivity contribution in [1.29, 1.82) is 0 Å². The molecule has 3 atom stereocenters. The molecule has 11 nitrogen and oxygen atoms in total. The van der Waals surface area contributed by atoms with Crippen LogP contribution in [0.5, 0.6) is 0 Å². The van der Waals surface area contributed by atoms with Crippen LogP contribution in [0.15, 0.2) is 12.2 Å². The number of rotatable bonds is 11. The summed E-state index contributed by atoms with van der Waals surface area (Å²) in [7, 11) is -1.93. The molecule has 40 heavy (non-hydrogen) atoms. The molecule has 3 fully saturated rings. The fraction of sp³-hybridized carbons (Fsp3) is 0.786. The predicted molar refractivity (Wildman–Crippen MR) is 153 cm³/mol. The first-order valence-corrected chi connectivity index (χ1v) is 15.8. The standard InChI is InChI=1S/C15H25NO3S.C13H23N3O4/c1-3-4-5-6-7-8-12-11-13(12)14(17)16-20(18,19)15(2)9-10-15;1-13(2,3)20-12(19)15-8-10(17)16-7-5-6-9(16)11(18)14-4/h7-8,12-13H,3-6,9-11H2,1-2H3,(H,16,17);9H,5-8H2,1-4H3,(H,14,18)(H,15,19)/b8-7-;/t12?,13-;9-/m00/s1. The van der Waals surface area contributed by atoms with Crippen LogP contribution in [0.3, 0.4) is 0 Å². The minimum absolute atomic E-state index is 0.144. The van der Waals surface area contributed by atoms with E-state index >= 15 is 0 Å². The van der Waals surface area contributed by atoms with Crippen LogP contribution in [0.1, 0.15) is 92.4 Å². The van der Waals surface area contributed by atoms with Crippen LogP contribution in [-0.4, -0.2) is 73.7 Å². The van der Waals surface area contributed by atoms with Crippen molar-refractivity contribution in [2.45, 2.75) is 109 Å². The molecule has 3 N–H and O–H groups in total. The molecule has 0 radical (unpaired) electrons. The Morgan fingerprint density at radius 1 is 1.10 bits per heavy atom. The molecule has 1 heterocycles. The number of carbonyl (C=O) groups excluding carboxylic acids is 4. The summed E-state index contributed by atoms with van der Waals surface area (Å²) in [5.74, 6) is -0.676. The van der Waals surface area contributed by atoms with E-state index in [1.165, 1.54) is 24.2 Å². The normalized spacial score (nSPS) is 23.1. The molecule has 0 aromatic rings. The lowest BCUT2D eigenvalue weighted by Crippen LogP contribution is -2.48. The second-order valence-corrected chi connectivity index (χ2v) is 14.3. The number of ether oxygens (including phenoxy) is 1. The van der Waals surface area contributed by atoms with E-state index in [9.17, 15) is 27.6 Å². The Hall–Kier alpha value is -2.63. The monoisotopic (exact) mass is 584 g/mol. The van der Waals surface area contributed by atoms with Gasteiger partial charge in [0.25, 0.3) is 0 Å². The highest BCUT2D eigenvalue weighted by Crippen LogP contribution is 2.44. The number of hydrogen-bond donors (Lipinski definition) is 3. The molecule has 3 aliphatic rings. The van der Waals surface area contributed by atoms with Gasteiger partial charge in [0.1, 0.15) is 18.2 Å². The molecule has 1 saturated heterocycles. The molecule has 4 amide bonds. The van der Waals surface area contributed by atoms with E-state index in [4.69, 9.17) is 4.74 Å². The van der Waals surface area contributed by atoms with Crippen LogP contribution < -0.4 is 15.4 Å². The third-order valence-corrected chi connectivity index (χ3v) is 9.45. The minimum atomic E-state index is -3.47. The van der Waals surface area contributed by atoms with Crippen LogP contribution in [0.25, 0.3) is 0 Å². The first kappa shape index (κ1) is 33.6. The second kappa shape index (κ2) is 14.3. The van der Waals surface area contributed by atoms with Gasteiger partial charge < -0.3 is 20.3 Å². The van der Waals surface area contributed by atoms with Crippen LogP contribution in [0.2, 0.25) is 0 Å². The summed E-state index contributed by atoms with van der Waals surface area (Å²) in [6.07, 6.45) is 11.8. The van der Waals surface area contributed by atoms with Crippen LogP contribution in [-0.2, 0) is 29.1 Å². The Morgan fingerprint density at radius 3 is 2.35 bits per heavy atom. The Balaban J connectivity index is 0.000000280. The van der Waals surface area contributed by atoms with Crippen molar-refractivity contribution in [3.63, 3.8) is 0 Å². The summed E-state index contributed by atoms with van der Waals surface area (Å²) in [5.41, 5.74) is -0.606. The number of nitrogens with one attached hydrogen (secondary N) is 3. The van der Waals surface area contributed by atoms with Gasteiger partial charge in [0.2, 0.25) is 27.7 Å². The molecule has 12 heteroatoms. The fourth-order valence-corrected chi connectivity index (χ4v) is 5.66. The third kappa shape index (κ3) is 10.4. The molecular formula is C28H48N4O7S. The van der Waals surface area contributed by atoms with Gasteiger partial charge >= 0.3 is 6.09 Å². The van der Waals surface area contributed by atoms with Gasteiger partial charge in [0.15, 0.2) is 0 Å². The third-order valence-electron chi connectivity index (χ3n) is 7.28. The number of amides is 4. The molecule has 0 aromatic carbocycles. The number of nitrogens with zero attached hydrogens (tertiary/aromatic N) is 1. The maximum atomic E-state index is 12.0. The van der Waals surface area contributed by atoms with Crippen molar-refractivity contribution in [3.8, 4) is 0 Å². The number of carbonyl (C=O) groups is 4. The molecule has 0 bridgehead atoms. The summed E-state index contributed by atoms with van der Waals surface area (Å²) in [4.78, 5) is 48.5. The molecule has 228 valence electrons. The van der Waals surface area contributed by atoms with Crippen molar-refractivity contribution in [2.75, 3.05) is 20.1 Å². The van der Waals surface area contributed by atoms with Crippen LogP contribution in [0, 0.1) is 11.8 Å². The van der Waals surface area contributed by atoms with Gasteiger partial charge in [-0.1, -0.05) is 31.9 Å². The zero-order valence-corrected chi connectivity index (χ0v) is 25.7. The molecule has 1 aliphatic heterocycles. The van der Waals surface area contributed by atoms with E-state index < -0.39 is 32.5 Å². The Morgan fingerprint density at radius 2 is 1.77 bits per heavy atom. The molecule has 2 aliphatic carbocycles. The van der Waals surface area contributed by atoms with E-state index in [1.807, 2.05) is 0 Å². The van der Waals surface area contributed by atoms with Gasteiger partial charge in [0, 0.05) is 19.5 Å². The highest BCUT2D eigenvalue weighted by atomic mass is 32.2. The van der Waals surface area contributed by atoms with Gasteiger partial charge in [-0.05, 0) is 78.6 Å². The molecule has 1 unspecified atom stereocenters. The van der Waals surface area contributed by atoms with E-state index in [2.05, 4.69) is 34.4 Å². The average molecular weight is 585 g/mol. The average Bonchev–Trinajstić information content (AvgIpc) is 3.77. The van der Waals surface area contributed by atoms with E-state index in [0.29, 0.717) is 25.8 Å². The van der Waals surface area contributed by atoms with Crippen molar-refractivity contribution in [1.82, 2.24) is 20.3 Å². The summed E-state index contributed by atoms with van der Waals surface area (Å²) in [6, 6.07) is -0.437. The van der Waals surface area contributed by atoms with Gasteiger partial charge in [-0.25, -0.2) is 13.2 Å². The summed E-state index contributed by atoms with van der Waals surface area (Å²) in [6.45, 7) is 9.48. The number of likely N-dealkylation sites (N-methyl/N-ethyl adjacent to an activating group) is 1. The van der Waals surface area contributed by atoms with Crippen molar-refractivity contribution in [3.05, 3.63) is 12.2 Å². The maximum absolute atomic E-state index is 12.0. The minimum Gasteiger partial charge on any atom is -0.444 e. The summed E-state index contributed by atoms with van der Waals surface area (Å²) in [5, 5.41) is 4.95. The van der Waals surface area contributed by atoms with E-state index in [-0.39, 0.29) is 36.1 Å². The van der Waals surface area contributed by atoms with Crippen molar-refractivity contribution < 1.29 is 32.3 Å². The smallest absolute Gasteiger partial charge is 0.408 e. The number of likely N-dealkylation sites (tertiary alicyclic amines) is 1. The fourth-order valence-electron chi connectivity index (χ4n) is 4.36. The first-order valence-electron chi connectivity index (χ1n) is 14.3. The second-order valence-electron chi connectivity index (χ2n) is 12.1. The van der Waals surface area contributed by atoms with Gasteiger partial charge in [-0.3, -0.25) is 19.1 Å². The van der Waals surface area contributed by atoms with Crippen LogP contribution >= 0.6 is 0 Å². The molecular weight excluding hydrogens is 536 g/mol. The van der Waals surface area contributed by atoms with E-state index in [1.54, 1.807) is 34.7 Å². The predicted octanol–water partition coefficient (Wildman–Crippen LogP) is 3.01. The Bertz CT molecular complexity index is 1050. The largest absolute Gasteiger partial charge is 0.444 e. The quantitative estimate of drug-likeness (QED) is 0.249. The molecule has 3 rings (SSSR count). The first-order chi connectivity index (χ1) is 18.6. The Kier molecular flexibility index (Phi) is 12.0. The maximum Gasteiger partial charge on any atom is 0.408 e. The van der Waals surface area contributed by atoms with Crippen molar-refractivity contribution >= 4 is 33.8 Å². The molecule has 0 aromatic heterocycles. The zero-order valence-electron chi connectivity index (χ0n) is 24.9. The number of alkyl carbamates (subject to hydrolysis) is 1. The summed E-state index contributed by atoms with van der Waals surface area (Å²) < 4.78 is 30.5. The summed E-state index contributed by atoms with van der Waals surface area (Å²) >= 11 is 0. The van der Waals surface area contributed by atoms with Crippen molar-refractivity contribution in [2.24, 2.45) is 11.8 Å². The van der Waals surface area contributed by atoms with Gasteiger partial charge in [-0.2, -0.15) is 0 Å². The number of hydrogen-bond acceptors (Lipinski definition) is 7. The number of sulfonamides is 1. The highest BCUT2D eigenvalue weighted by molar-refractivity contribution is 7.91. The highest BCUT2D eigenvalue weighted by Gasteiger charge is 2.52. The lowest BCUT2D eigenvalue weighted by atomic mass is 10.2. The topological polar surface area (TPSA) is 151 Å². The lowest BCUT2D eigenvalue weighted by Gasteiger charge is -2.24.